The topological polar surface area (TPSA) is 85.9 Å². The second-order valence-corrected chi connectivity index (χ2v) is 6.03. The minimum absolute atomic E-state index is 0.0903. The normalized spacial score (nSPS) is 26.4. The van der Waals surface area contributed by atoms with Gasteiger partial charge in [0, 0.05) is 11.5 Å². The lowest BCUT2D eigenvalue weighted by molar-refractivity contribution is -0.282. The minimum atomic E-state index is -0.729. The Morgan fingerprint density at radius 2 is 1.90 bits per heavy atom. The predicted molar refractivity (Wildman–Crippen MR) is 73.7 cm³/mol. The summed E-state index contributed by atoms with van der Waals surface area (Å²) in [7, 11) is 0. The van der Waals surface area contributed by atoms with Crippen molar-refractivity contribution in [2.45, 2.75) is 46.5 Å². The Morgan fingerprint density at radius 3 is 2.45 bits per heavy atom. The second kappa shape index (κ2) is 5.77. The van der Waals surface area contributed by atoms with E-state index in [1.165, 1.54) is 0 Å². The summed E-state index contributed by atoms with van der Waals surface area (Å²) >= 11 is 0. The van der Waals surface area contributed by atoms with E-state index in [1.807, 2.05) is 0 Å². The number of carbonyl (C=O) groups excluding carboxylic acids is 1. The quantitative estimate of drug-likeness (QED) is 0.851. The standard InChI is InChI=1S/C15H22N2O3/c1-4-11-12(16-15(20)17-14(11)19)13(18)10-6-8(2)5-9(3)7-10/h8-10H,4-7H2,1-3H3,(H2,16,17,19,20)/p-1. The Bertz CT molecular complexity index is 555. The molecule has 1 aromatic heterocycles. The lowest BCUT2D eigenvalue weighted by atomic mass is 9.74. The van der Waals surface area contributed by atoms with Crippen molar-refractivity contribution < 1.29 is 9.90 Å². The maximum atomic E-state index is 12.6. The van der Waals surface area contributed by atoms with Crippen molar-refractivity contribution in [1.82, 2.24) is 9.97 Å². The van der Waals surface area contributed by atoms with Crippen molar-refractivity contribution in [3.8, 4) is 6.01 Å². The molecule has 0 aliphatic heterocycles. The van der Waals surface area contributed by atoms with E-state index in [-0.39, 0.29) is 17.4 Å². The van der Waals surface area contributed by atoms with Gasteiger partial charge < -0.3 is 10.1 Å². The van der Waals surface area contributed by atoms with Crippen LogP contribution in [-0.4, -0.2) is 15.8 Å². The van der Waals surface area contributed by atoms with Crippen LogP contribution in [0.3, 0.4) is 0 Å². The molecule has 1 aliphatic carbocycles. The maximum absolute atomic E-state index is 12.6. The van der Waals surface area contributed by atoms with E-state index in [9.17, 15) is 14.7 Å². The van der Waals surface area contributed by atoms with Gasteiger partial charge >= 0.3 is 0 Å². The first kappa shape index (κ1) is 14.8. The molecule has 1 heterocycles. The minimum Gasteiger partial charge on any atom is -0.846 e. The third-order valence-corrected chi connectivity index (χ3v) is 4.13. The Labute approximate surface area is 118 Å². The molecule has 2 unspecified atom stereocenters. The monoisotopic (exact) mass is 277 g/mol. The zero-order valence-electron chi connectivity index (χ0n) is 12.2. The van der Waals surface area contributed by atoms with Gasteiger partial charge in [-0.3, -0.25) is 9.59 Å². The number of Topliss-reactive ketones (excluding diaryl/α,β-unsaturated/α-hetero) is 1. The van der Waals surface area contributed by atoms with Crippen LogP contribution in [0.5, 0.6) is 6.01 Å². The number of nitrogens with zero attached hydrogens (tertiary/aromatic N) is 1. The molecule has 2 atom stereocenters. The highest BCUT2D eigenvalue weighted by Crippen LogP contribution is 2.34. The average molecular weight is 277 g/mol. The molecule has 1 saturated carbocycles. The van der Waals surface area contributed by atoms with Crippen molar-refractivity contribution >= 4 is 5.78 Å². The Morgan fingerprint density at radius 1 is 1.30 bits per heavy atom. The van der Waals surface area contributed by atoms with Crippen molar-refractivity contribution in [3.05, 3.63) is 21.6 Å². The molecule has 1 aromatic rings. The zero-order valence-corrected chi connectivity index (χ0v) is 12.2. The summed E-state index contributed by atoms with van der Waals surface area (Å²) in [5.41, 5.74) is -0.0548. The van der Waals surface area contributed by atoms with Crippen LogP contribution in [0.1, 0.15) is 56.1 Å². The molecule has 1 aliphatic rings. The van der Waals surface area contributed by atoms with Gasteiger partial charge in [0.05, 0.1) is 6.01 Å². The highest BCUT2D eigenvalue weighted by atomic mass is 16.3. The number of aromatic amines is 1. The van der Waals surface area contributed by atoms with E-state index in [2.05, 4.69) is 23.8 Å². The molecule has 2 rings (SSSR count). The molecular weight excluding hydrogens is 256 g/mol. The Hall–Kier alpha value is -1.65. The number of nitrogens with one attached hydrogen (secondary N) is 1. The van der Waals surface area contributed by atoms with Crippen molar-refractivity contribution in [2.24, 2.45) is 17.8 Å². The molecule has 0 radical (unpaired) electrons. The van der Waals surface area contributed by atoms with Crippen LogP contribution in [0, 0.1) is 17.8 Å². The SMILES string of the molecule is CCc1c(C(=O)C2CC(C)CC(C)C2)nc([O-])[nH]c1=O. The fourth-order valence-electron chi connectivity index (χ4n) is 3.36. The molecule has 1 fully saturated rings. The molecule has 0 saturated heterocycles. The fourth-order valence-corrected chi connectivity index (χ4v) is 3.36. The highest BCUT2D eigenvalue weighted by Gasteiger charge is 2.31. The third-order valence-electron chi connectivity index (χ3n) is 4.13. The summed E-state index contributed by atoms with van der Waals surface area (Å²) in [6, 6.07) is -0.729. The van der Waals surface area contributed by atoms with Gasteiger partial charge in [-0.1, -0.05) is 20.8 Å². The summed E-state index contributed by atoms with van der Waals surface area (Å²) < 4.78 is 0. The van der Waals surface area contributed by atoms with Crippen LogP contribution in [0.4, 0.5) is 0 Å². The van der Waals surface area contributed by atoms with Gasteiger partial charge in [0.15, 0.2) is 5.78 Å². The average Bonchev–Trinajstić information content (AvgIpc) is 2.35. The third kappa shape index (κ3) is 2.92. The second-order valence-electron chi connectivity index (χ2n) is 6.03. The molecule has 20 heavy (non-hydrogen) atoms. The van der Waals surface area contributed by atoms with Crippen LogP contribution in [-0.2, 0) is 6.42 Å². The molecular formula is C15H21N2O3-. The molecule has 0 spiro atoms. The summed E-state index contributed by atoms with van der Waals surface area (Å²) in [6.45, 7) is 6.07. The van der Waals surface area contributed by atoms with E-state index in [1.54, 1.807) is 6.92 Å². The maximum Gasteiger partial charge on any atom is 0.254 e. The lowest BCUT2D eigenvalue weighted by Crippen LogP contribution is -2.30. The highest BCUT2D eigenvalue weighted by molar-refractivity contribution is 5.97. The molecule has 5 nitrogen and oxygen atoms in total. The molecule has 110 valence electrons. The van der Waals surface area contributed by atoms with E-state index in [0.29, 0.717) is 23.8 Å². The Kier molecular flexibility index (Phi) is 4.26. The largest absolute Gasteiger partial charge is 0.846 e. The number of hydrogen-bond acceptors (Lipinski definition) is 4. The molecule has 0 aromatic carbocycles. The van der Waals surface area contributed by atoms with Crippen LogP contribution >= 0.6 is 0 Å². The van der Waals surface area contributed by atoms with Gasteiger partial charge in [-0.25, -0.2) is 4.98 Å². The van der Waals surface area contributed by atoms with E-state index in [4.69, 9.17) is 0 Å². The summed E-state index contributed by atoms with van der Waals surface area (Å²) in [4.78, 5) is 30.3. The van der Waals surface area contributed by atoms with E-state index >= 15 is 0 Å². The Balaban J connectivity index is 2.36. The van der Waals surface area contributed by atoms with Crippen LogP contribution < -0.4 is 10.7 Å². The predicted octanol–water partition coefficient (Wildman–Crippen LogP) is 1.66. The van der Waals surface area contributed by atoms with Gasteiger partial charge in [-0.2, -0.15) is 0 Å². The van der Waals surface area contributed by atoms with E-state index < -0.39 is 11.6 Å². The van der Waals surface area contributed by atoms with Crippen molar-refractivity contribution in [1.29, 1.82) is 0 Å². The number of H-pyrrole nitrogens is 1. The summed E-state index contributed by atoms with van der Waals surface area (Å²) in [5, 5.41) is 11.4. The molecule has 5 heteroatoms. The fraction of sp³-hybridized carbons (Fsp3) is 0.667. The molecule has 0 bridgehead atoms. The van der Waals surface area contributed by atoms with Crippen LogP contribution in [0.25, 0.3) is 0 Å². The van der Waals surface area contributed by atoms with Gasteiger partial charge in [0.2, 0.25) is 0 Å². The number of hydrogen-bond donors (Lipinski definition) is 1. The first-order chi connectivity index (χ1) is 9.42. The summed E-state index contributed by atoms with van der Waals surface area (Å²) in [5.74, 6) is 0.731. The van der Waals surface area contributed by atoms with Gasteiger partial charge in [0.1, 0.15) is 5.69 Å². The molecule has 0 amide bonds. The summed E-state index contributed by atoms with van der Waals surface area (Å²) in [6.07, 6.45) is 3.16. The van der Waals surface area contributed by atoms with Crippen molar-refractivity contribution in [2.75, 3.05) is 0 Å². The number of ketones is 1. The van der Waals surface area contributed by atoms with Crippen molar-refractivity contribution in [3.63, 3.8) is 0 Å². The molecule has 1 N–H and O–H groups in total. The number of rotatable bonds is 3. The van der Waals surface area contributed by atoms with Gasteiger partial charge in [0.25, 0.3) is 5.56 Å². The number of aromatic nitrogens is 2. The smallest absolute Gasteiger partial charge is 0.254 e. The van der Waals surface area contributed by atoms with Gasteiger partial charge in [-0.05, 0) is 37.5 Å². The lowest BCUT2D eigenvalue weighted by Gasteiger charge is -2.30. The zero-order chi connectivity index (χ0) is 14.9. The first-order valence-corrected chi connectivity index (χ1v) is 7.26. The van der Waals surface area contributed by atoms with Crippen LogP contribution in [0.15, 0.2) is 4.79 Å². The number of carbonyl (C=O) groups is 1. The van der Waals surface area contributed by atoms with Crippen LogP contribution in [0.2, 0.25) is 0 Å². The first-order valence-electron chi connectivity index (χ1n) is 7.26. The van der Waals surface area contributed by atoms with Gasteiger partial charge in [-0.15, -0.1) is 0 Å². The van der Waals surface area contributed by atoms with E-state index in [0.717, 1.165) is 19.3 Å².